The maximum atomic E-state index is 12.6. The summed E-state index contributed by atoms with van der Waals surface area (Å²) in [5, 5.41) is 18.0. The molecule has 0 radical (unpaired) electrons. The van der Waals surface area contributed by atoms with E-state index in [1.807, 2.05) is 0 Å². The molecule has 0 aliphatic carbocycles. The Labute approximate surface area is 114 Å². The molecule has 1 unspecified atom stereocenters. The Morgan fingerprint density at radius 2 is 1.43 bits per heavy atom. The number of aliphatic carboxylic acids is 1. The van der Waals surface area contributed by atoms with E-state index in [1.54, 1.807) is 0 Å². The standard InChI is InChI=1S/C12H10F6O3/c13-11(14,15)7-3-6(9(19)1-2-10(20)21)4-8(5-7)12(16,17)18/h3-5,9,19H,1-2H2,(H,20,21). The van der Waals surface area contributed by atoms with Crippen LogP contribution >= 0.6 is 0 Å². The Hall–Kier alpha value is -1.77. The number of aliphatic hydroxyl groups excluding tert-OH is 1. The topological polar surface area (TPSA) is 57.5 Å². The maximum absolute atomic E-state index is 12.6. The summed E-state index contributed by atoms with van der Waals surface area (Å²) in [7, 11) is 0. The van der Waals surface area contributed by atoms with Gasteiger partial charge in [-0.25, -0.2) is 0 Å². The fourth-order valence-electron chi connectivity index (χ4n) is 1.60. The second kappa shape index (κ2) is 5.92. The van der Waals surface area contributed by atoms with Crippen molar-refractivity contribution in [2.75, 3.05) is 0 Å². The molecule has 118 valence electrons. The van der Waals surface area contributed by atoms with Crippen molar-refractivity contribution in [2.45, 2.75) is 31.3 Å². The summed E-state index contributed by atoms with van der Waals surface area (Å²) in [4.78, 5) is 10.3. The molecule has 21 heavy (non-hydrogen) atoms. The molecule has 1 aromatic rings. The van der Waals surface area contributed by atoms with Gasteiger partial charge in [0.1, 0.15) is 0 Å². The third kappa shape index (κ3) is 4.92. The summed E-state index contributed by atoms with van der Waals surface area (Å²) >= 11 is 0. The summed E-state index contributed by atoms with van der Waals surface area (Å²) in [5.74, 6) is -1.32. The normalized spacial score (nSPS) is 14.0. The number of hydrogen-bond donors (Lipinski definition) is 2. The molecule has 9 heteroatoms. The van der Waals surface area contributed by atoms with Gasteiger partial charge in [-0.2, -0.15) is 26.3 Å². The third-order valence-electron chi connectivity index (χ3n) is 2.63. The van der Waals surface area contributed by atoms with Crippen LogP contribution in [-0.2, 0) is 17.1 Å². The maximum Gasteiger partial charge on any atom is 0.416 e. The minimum Gasteiger partial charge on any atom is -0.481 e. The van der Waals surface area contributed by atoms with Crippen LogP contribution in [-0.4, -0.2) is 16.2 Å². The van der Waals surface area contributed by atoms with Crippen LogP contribution in [0.1, 0.15) is 35.6 Å². The zero-order chi connectivity index (χ0) is 16.4. The first-order valence-electron chi connectivity index (χ1n) is 5.60. The van der Waals surface area contributed by atoms with Crippen LogP contribution in [0, 0.1) is 0 Å². The fourth-order valence-corrected chi connectivity index (χ4v) is 1.60. The molecule has 1 aromatic carbocycles. The van der Waals surface area contributed by atoms with Crippen molar-refractivity contribution < 1.29 is 41.4 Å². The summed E-state index contributed by atoms with van der Waals surface area (Å²) in [6.45, 7) is 0. The molecule has 0 saturated carbocycles. The molecule has 1 rings (SSSR count). The van der Waals surface area contributed by atoms with Gasteiger partial charge in [0.15, 0.2) is 0 Å². The highest BCUT2D eigenvalue weighted by molar-refractivity contribution is 5.66. The van der Waals surface area contributed by atoms with Crippen molar-refractivity contribution in [3.8, 4) is 0 Å². The Kier molecular flexibility index (Phi) is 4.87. The van der Waals surface area contributed by atoms with E-state index in [9.17, 15) is 36.2 Å². The van der Waals surface area contributed by atoms with E-state index in [2.05, 4.69) is 0 Å². The summed E-state index contributed by atoms with van der Waals surface area (Å²) < 4.78 is 75.4. The number of hydrogen-bond acceptors (Lipinski definition) is 2. The van der Waals surface area contributed by atoms with Gasteiger partial charge in [-0.15, -0.1) is 0 Å². The summed E-state index contributed by atoms with van der Waals surface area (Å²) in [6, 6.07) is 0.691. The van der Waals surface area contributed by atoms with E-state index in [0.29, 0.717) is 12.1 Å². The van der Waals surface area contributed by atoms with Crippen LogP contribution < -0.4 is 0 Å². The number of halogens is 6. The molecule has 1 atom stereocenters. The molecule has 0 saturated heterocycles. The van der Waals surface area contributed by atoms with Crippen LogP contribution in [0.4, 0.5) is 26.3 Å². The minimum absolute atomic E-state index is 0.0621. The molecule has 3 nitrogen and oxygen atoms in total. The van der Waals surface area contributed by atoms with E-state index in [0.717, 1.165) is 0 Å². The number of benzene rings is 1. The van der Waals surface area contributed by atoms with Crippen molar-refractivity contribution in [1.82, 2.24) is 0 Å². The van der Waals surface area contributed by atoms with E-state index in [1.165, 1.54) is 0 Å². The van der Waals surface area contributed by atoms with Crippen molar-refractivity contribution in [3.05, 3.63) is 34.9 Å². The van der Waals surface area contributed by atoms with Gasteiger partial charge in [0.2, 0.25) is 0 Å². The van der Waals surface area contributed by atoms with E-state index >= 15 is 0 Å². The fraction of sp³-hybridized carbons (Fsp3) is 0.417. The second-order valence-corrected chi connectivity index (χ2v) is 4.29. The number of carbonyl (C=O) groups is 1. The van der Waals surface area contributed by atoms with Crippen molar-refractivity contribution in [3.63, 3.8) is 0 Å². The van der Waals surface area contributed by atoms with Gasteiger partial charge < -0.3 is 10.2 Å². The van der Waals surface area contributed by atoms with Crippen LogP contribution in [0.2, 0.25) is 0 Å². The van der Waals surface area contributed by atoms with Gasteiger partial charge in [-0.05, 0) is 30.2 Å². The summed E-state index contributed by atoms with van der Waals surface area (Å²) in [5.41, 5.74) is -3.73. The molecular formula is C12H10F6O3. The highest BCUT2D eigenvalue weighted by Crippen LogP contribution is 2.37. The number of aliphatic hydroxyl groups is 1. The average molecular weight is 316 g/mol. The quantitative estimate of drug-likeness (QED) is 0.834. The number of alkyl halides is 6. The van der Waals surface area contributed by atoms with Crippen LogP contribution in [0.5, 0.6) is 0 Å². The monoisotopic (exact) mass is 316 g/mol. The van der Waals surface area contributed by atoms with Crippen molar-refractivity contribution in [2.24, 2.45) is 0 Å². The molecule has 0 heterocycles. The lowest BCUT2D eigenvalue weighted by Gasteiger charge is -2.17. The smallest absolute Gasteiger partial charge is 0.416 e. The molecule has 0 aliphatic heterocycles. The highest BCUT2D eigenvalue weighted by atomic mass is 19.4. The molecule has 0 aromatic heterocycles. The predicted octanol–water partition coefficient (Wildman–Crippen LogP) is 3.62. The second-order valence-electron chi connectivity index (χ2n) is 4.29. The summed E-state index contributed by atoms with van der Waals surface area (Å²) in [6.07, 6.45) is -12.8. The first-order valence-corrected chi connectivity index (χ1v) is 5.60. The van der Waals surface area contributed by atoms with Crippen LogP contribution in [0.15, 0.2) is 18.2 Å². The Morgan fingerprint density at radius 1 is 1.00 bits per heavy atom. The van der Waals surface area contributed by atoms with Gasteiger partial charge in [-0.1, -0.05) is 0 Å². The zero-order valence-electron chi connectivity index (χ0n) is 10.3. The molecular weight excluding hydrogens is 306 g/mol. The number of carboxylic acid groups (broad SMARTS) is 1. The lowest BCUT2D eigenvalue weighted by Crippen LogP contribution is -2.13. The van der Waals surface area contributed by atoms with Crippen molar-refractivity contribution >= 4 is 5.97 Å². The lowest BCUT2D eigenvalue weighted by molar-refractivity contribution is -0.143. The zero-order valence-corrected chi connectivity index (χ0v) is 10.3. The average Bonchev–Trinajstić information content (AvgIpc) is 2.33. The van der Waals surface area contributed by atoms with Gasteiger partial charge in [0.25, 0.3) is 0 Å². The van der Waals surface area contributed by atoms with Gasteiger partial charge in [0, 0.05) is 6.42 Å². The molecule has 0 bridgehead atoms. The first kappa shape index (κ1) is 17.3. The van der Waals surface area contributed by atoms with Crippen LogP contribution in [0.3, 0.4) is 0 Å². The molecule has 0 amide bonds. The molecule has 0 spiro atoms. The van der Waals surface area contributed by atoms with E-state index in [4.69, 9.17) is 5.11 Å². The molecule has 2 N–H and O–H groups in total. The number of carboxylic acids is 1. The predicted molar refractivity (Wildman–Crippen MR) is 58.3 cm³/mol. The molecule has 0 fully saturated rings. The number of rotatable bonds is 4. The SMILES string of the molecule is O=C(O)CCC(O)c1cc(C(F)(F)F)cc(C(F)(F)F)c1. The van der Waals surface area contributed by atoms with Gasteiger partial charge in [-0.3, -0.25) is 4.79 Å². The van der Waals surface area contributed by atoms with Crippen molar-refractivity contribution in [1.29, 1.82) is 0 Å². The Balaban J connectivity index is 3.22. The largest absolute Gasteiger partial charge is 0.481 e. The van der Waals surface area contributed by atoms with E-state index in [-0.39, 0.29) is 6.07 Å². The first-order chi connectivity index (χ1) is 9.41. The van der Waals surface area contributed by atoms with Crippen LogP contribution in [0.25, 0.3) is 0 Å². The minimum atomic E-state index is -5.01. The Morgan fingerprint density at radius 3 is 1.76 bits per heavy atom. The third-order valence-corrected chi connectivity index (χ3v) is 2.63. The van der Waals surface area contributed by atoms with Gasteiger partial charge >= 0.3 is 18.3 Å². The van der Waals surface area contributed by atoms with E-state index < -0.39 is 54.0 Å². The highest BCUT2D eigenvalue weighted by Gasteiger charge is 2.37. The van der Waals surface area contributed by atoms with Gasteiger partial charge in [0.05, 0.1) is 17.2 Å². The lowest BCUT2D eigenvalue weighted by atomic mass is 9.98. The Bertz CT molecular complexity index is 488. The molecule has 0 aliphatic rings.